The molecule has 0 saturated heterocycles. The van der Waals surface area contributed by atoms with Gasteiger partial charge >= 0.3 is 5.97 Å². The molecule has 6 heteroatoms. The van der Waals surface area contributed by atoms with Gasteiger partial charge in [-0.15, -0.1) is 0 Å². The first kappa shape index (κ1) is 13.2. The van der Waals surface area contributed by atoms with E-state index in [-0.39, 0.29) is 12.5 Å². The minimum atomic E-state index is -0.924. The molecule has 1 rings (SSSR count). The van der Waals surface area contributed by atoms with Crippen molar-refractivity contribution in [2.45, 2.75) is 20.3 Å². The van der Waals surface area contributed by atoms with Gasteiger partial charge in [-0.25, -0.2) is 0 Å². The molecule has 1 heterocycles. The number of amides is 1. The summed E-state index contributed by atoms with van der Waals surface area (Å²) in [4.78, 5) is 22.4. The van der Waals surface area contributed by atoms with Crippen LogP contribution in [0, 0.1) is 5.92 Å². The summed E-state index contributed by atoms with van der Waals surface area (Å²) in [6.45, 7) is 3.58. The maximum absolute atomic E-state index is 11.8. The van der Waals surface area contributed by atoms with E-state index in [0.717, 1.165) is 0 Å². The summed E-state index contributed by atoms with van der Waals surface area (Å²) in [5, 5.41) is 15.4. The molecule has 1 aromatic rings. The number of rotatable bonds is 5. The van der Waals surface area contributed by atoms with Crippen LogP contribution in [0.4, 0.5) is 0 Å². The maximum atomic E-state index is 11.8. The lowest BCUT2D eigenvalue weighted by atomic mass is 10.1. The summed E-state index contributed by atoms with van der Waals surface area (Å²) >= 11 is 0. The van der Waals surface area contributed by atoms with E-state index >= 15 is 0 Å². The van der Waals surface area contributed by atoms with Crippen molar-refractivity contribution in [2.24, 2.45) is 13.0 Å². The van der Waals surface area contributed by atoms with E-state index in [1.54, 1.807) is 24.9 Å². The van der Waals surface area contributed by atoms with Crippen LogP contribution < -0.4 is 5.32 Å². The quantitative estimate of drug-likeness (QED) is 0.780. The highest BCUT2D eigenvalue weighted by molar-refractivity contribution is 5.95. The zero-order chi connectivity index (χ0) is 13.0. The second-order valence-electron chi connectivity index (χ2n) is 3.97. The third-order valence-corrected chi connectivity index (χ3v) is 2.48. The molecule has 1 atom stereocenters. The average Bonchev–Trinajstić information content (AvgIpc) is 2.66. The zero-order valence-electron chi connectivity index (χ0n) is 10.2. The lowest BCUT2D eigenvalue weighted by molar-refractivity contribution is -0.140. The molecule has 0 aliphatic rings. The molecule has 94 valence electrons. The fraction of sp³-hybridized carbons (Fsp3) is 0.545. The predicted octanol–water partition coefficient (Wildman–Crippen LogP) is 0.433. The molecule has 0 fully saturated rings. The molecule has 0 saturated carbocycles. The smallest absolute Gasteiger partial charge is 0.308 e. The van der Waals surface area contributed by atoms with Crippen molar-refractivity contribution in [1.82, 2.24) is 15.1 Å². The summed E-state index contributed by atoms with van der Waals surface area (Å²) in [6.07, 6.45) is 2.30. The van der Waals surface area contributed by atoms with Crippen LogP contribution in [0.25, 0.3) is 0 Å². The average molecular weight is 239 g/mol. The van der Waals surface area contributed by atoms with Gasteiger partial charge in [0.2, 0.25) is 0 Å². The van der Waals surface area contributed by atoms with Gasteiger partial charge in [0.25, 0.3) is 5.91 Å². The van der Waals surface area contributed by atoms with E-state index in [1.807, 2.05) is 6.92 Å². The van der Waals surface area contributed by atoms with Gasteiger partial charge in [-0.05, 0) is 6.42 Å². The van der Waals surface area contributed by atoms with Crippen LogP contribution in [-0.4, -0.2) is 33.3 Å². The number of carboxylic acids is 1. The molecule has 17 heavy (non-hydrogen) atoms. The number of carboxylic acid groups (broad SMARTS) is 1. The number of nitrogens with zero attached hydrogens (tertiary/aromatic N) is 2. The Labute approximate surface area is 99.6 Å². The molecule has 0 spiro atoms. The molecule has 0 radical (unpaired) electrons. The Bertz CT molecular complexity index is 426. The predicted molar refractivity (Wildman–Crippen MR) is 61.7 cm³/mol. The Hall–Kier alpha value is -1.85. The Morgan fingerprint density at radius 3 is 2.76 bits per heavy atom. The van der Waals surface area contributed by atoms with Gasteiger partial charge in [0.05, 0.1) is 17.2 Å². The molecular weight excluding hydrogens is 222 g/mol. The third kappa shape index (κ3) is 3.30. The number of hydrogen-bond acceptors (Lipinski definition) is 3. The lowest BCUT2D eigenvalue weighted by Crippen LogP contribution is -2.31. The third-order valence-electron chi connectivity index (χ3n) is 2.48. The number of carbonyl (C=O) groups excluding carboxylic acids is 1. The van der Waals surface area contributed by atoms with E-state index in [9.17, 15) is 9.59 Å². The van der Waals surface area contributed by atoms with Crippen molar-refractivity contribution in [3.63, 3.8) is 0 Å². The fourth-order valence-electron chi connectivity index (χ4n) is 1.41. The molecule has 1 unspecified atom stereocenters. The first-order valence-corrected chi connectivity index (χ1v) is 5.49. The summed E-state index contributed by atoms with van der Waals surface area (Å²) in [6, 6.07) is 0. The summed E-state index contributed by atoms with van der Waals surface area (Å²) < 4.78 is 1.58. The van der Waals surface area contributed by atoms with Crippen LogP contribution in [0.5, 0.6) is 0 Å². The second-order valence-corrected chi connectivity index (χ2v) is 3.97. The molecule has 6 nitrogen and oxygen atoms in total. The molecule has 0 aliphatic heterocycles. The number of aliphatic carboxylic acids is 1. The van der Waals surface area contributed by atoms with Crippen molar-refractivity contribution < 1.29 is 14.7 Å². The minimum Gasteiger partial charge on any atom is -0.481 e. The van der Waals surface area contributed by atoms with Crippen molar-refractivity contribution in [2.75, 3.05) is 6.54 Å². The normalized spacial score (nSPS) is 12.2. The Morgan fingerprint density at radius 1 is 1.59 bits per heavy atom. The molecule has 2 N–H and O–H groups in total. The van der Waals surface area contributed by atoms with Crippen LogP contribution in [0.3, 0.4) is 0 Å². The molecule has 0 bridgehead atoms. The van der Waals surface area contributed by atoms with Crippen LogP contribution >= 0.6 is 0 Å². The first-order valence-electron chi connectivity index (χ1n) is 5.49. The lowest BCUT2D eigenvalue weighted by Gasteiger charge is -2.07. The van der Waals surface area contributed by atoms with Crippen LogP contribution in [0.1, 0.15) is 29.9 Å². The number of aromatic nitrogens is 2. The largest absolute Gasteiger partial charge is 0.481 e. The minimum absolute atomic E-state index is 0.117. The number of carbonyl (C=O) groups is 2. The SMILES string of the molecule is CCc1nn(C)cc1C(=O)NCC(C)C(=O)O. The molecule has 1 amide bonds. The van der Waals surface area contributed by atoms with Crippen LogP contribution in [0.2, 0.25) is 0 Å². The van der Waals surface area contributed by atoms with Gasteiger partial charge in [-0.3, -0.25) is 14.3 Å². The monoisotopic (exact) mass is 239 g/mol. The standard InChI is InChI=1S/C11H17N3O3/c1-4-9-8(6-14(3)13-9)10(15)12-5-7(2)11(16)17/h6-7H,4-5H2,1-3H3,(H,12,15)(H,16,17). The Balaban J connectivity index is 2.66. The Kier molecular flexibility index (Phi) is 4.25. The van der Waals surface area contributed by atoms with Crippen LogP contribution in [-0.2, 0) is 18.3 Å². The van der Waals surface area contributed by atoms with Gasteiger partial charge in [-0.1, -0.05) is 13.8 Å². The number of aryl methyl sites for hydroxylation is 2. The van der Waals surface area contributed by atoms with Gasteiger partial charge in [-0.2, -0.15) is 5.10 Å². The van der Waals surface area contributed by atoms with Gasteiger partial charge in [0.1, 0.15) is 0 Å². The number of hydrogen-bond donors (Lipinski definition) is 2. The first-order chi connectivity index (χ1) is 7.95. The number of nitrogens with one attached hydrogen (secondary N) is 1. The van der Waals surface area contributed by atoms with Gasteiger partial charge < -0.3 is 10.4 Å². The summed E-state index contributed by atoms with van der Waals surface area (Å²) in [5.41, 5.74) is 1.22. The molecule has 0 aromatic carbocycles. The van der Waals surface area contributed by atoms with Gasteiger partial charge in [0, 0.05) is 19.8 Å². The van der Waals surface area contributed by atoms with Crippen LogP contribution in [0.15, 0.2) is 6.20 Å². The summed E-state index contributed by atoms with van der Waals surface area (Å²) in [5.74, 6) is -1.80. The maximum Gasteiger partial charge on any atom is 0.308 e. The molecule has 1 aromatic heterocycles. The fourth-order valence-corrected chi connectivity index (χ4v) is 1.41. The highest BCUT2D eigenvalue weighted by atomic mass is 16.4. The van der Waals surface area contributed by atoms with E-state index < -0.39 is 11.9 Å². The topological polar surface area (TPSA) is 84.2 Å². The van der Waals surface area contributed by atoms with E-state index in [1.165, 1.54) is 0 Å². The van der Waals surface area contributed by atoms with E-state index in [2.05, 4.69) is 10.4 Å². The molecular formula is C11H17N3O3. The van der Waals surface area contributed by atoms with E-state index in [0.29, 0.717) is 17.7 Å². The summed E-state index contributed by atoms with van der Waals surface area (Å²) in [7, 11) is 1.75. The van der Waals surface area contributed by atoms with Crippen molar-refractivity contribution in [3.8, 4) is 0 Å². The van der Waals surface area contributed by atoms with Crippen molar-refractivity contribution >= 4 is 11.9 Å². The second kappa shape index (κ2) is 5.47. The Morgan fingerprint density at radius 2 is 2.24 bits per heavy atom. The zero-order valence-corrected chi connectivity index (χ0v) is 10.2. The highest BCUT2D eigenvalue weighted by Gasteiger charge is 2.16. The van der Waals surface area contributed by atoms with Crippen molar-refractivity contribution in [1.29, 1.82) is 0 Å². The highest BCUT2D eigenvalue weighted by Crippen LogP contribution is 2.07. The molecule has 0 aliphatic carbocycles. The van der Waals surface area contributed by atoms with E-state index in [4.69, 9.17) is 5.11 Å². The van der Waals surface area contributed by atoms with Gasteiger partial charge in [0.15, 0.2) is 0 Å². The van der Waals surface area contributed by atoms with Crippen molar-refractivity contribution in [3.05, 3.63) is 17.5 Å².